The summed E-state index contributed by atoms with van der Waals surface area (Å²) in [4.78, 5) is 90.7. The number of amides is 3. The number of thiazole rings is 4. The van der Waals surface area contributed by atoms with E-state index in [0.717, 1.165) is 88.5 Å². The van der Waals surface area contributed by atoms with Crippen molar-refractivity contribution in [3.05, 3.63) is 74.5 Å². The average molecular weight is 1350 g/mol. The maximum atomic E-state index is 12.3. The van der Waals surface area contributed by atoms with Crippen molar-refractivity contribution in [2.75, 3.05) is 47.9 Å². The number of aldehydes is 1. The average Bonchev–Trinajstić information content (AvgIpc) is 1.86. The van der Waals surface area contributed by atoms with Gasteiger partial charge in [0.15, 0.2) is 6.29 Å². The number of nitrogens with two attached hydrogens (primary N) is 1. The Hall–Kier alpha value is -5.43. The van der Waals surface area contributed by atoms with Gasteiger partial charge in [-0.1, -0.05) is 45.3 Å². The fourth-order valence-electron chi connectivity index (χ4n) is 9.58. The van der Waals surface area contributed by atoms with Crippen LogP contribution in [0.4, 0.5) is 37.1 Å². The van der Waals surface area contributed by atoms with E-state index < -0.39 is 41.2 Å². The van der Waals surface area contributed by atoms with Gasteiger partial charge in [0.25, 0.3) is 0 Å². The largest absolute Gasteiger partial charge is 2.00 e. The molecule has 22 nitrogen and oxygen atoms in total. The minimum absolute atomic E-state index is 0. The summed E-state index contributed by atoms with van der Waals surface area (Å²) in [7, 11) is 0. The van der Waals surface area contributed by atoms with E-state index in [1.54, 1.807) is 83.5 Å². The van der Waals surface area contributed by atoms with Crippen LogP contribution < -0.4 is 38.7 Å². The summed E-state index contributed by atoms with van der Waals surface area (Å²) in [6.07, 6.45) is 9.67. The molecule has 0 aromatic carbocycles. The number of rotatable bonds is 9. The summed E-state index contributed by atoms with van der Waals surface area (Å²) in [6.45, 7) is 34.4. The molecule has 0 aliphatic carbocycles. The first-order valence-electron chi connectivity index (χ1n) is 27.8. The summed E-state index contributed by atoms with van der Waals surface area (Å²) < 4.78 is 15.8. The molecule has 3 atom stereocenters. The van der Waals surface area contributed by atoms with Gasteiger partial charge in [-0.25, -0.2) is 54.3 Å². The summed E-state index contributed by atoms with van der Waals surface area (Å²) in [5.74, 6) is 0. The number of ether oxygens (including phenoxy) is 3. The molecule has 3 unspecified atom stereocenters. The predicted octanol–water partition coefficient (Wildman–Crippen LogP) is 10.9. The van der Waals surface area contributed by atoms with Crippen LogP contribution in [-0.2, 0) is 14.2 Å². The zero-order valence-electron chi connectivity index (χ0n) is 52.8. The standard InChI is InChI=1S/C18H26N4O2S.C14H19N3O3S.C13H18N4S.C13H15N3O3S.CH3.BrH.Mg/c1-11(22-8-6-7-9-22)14-13(21-17(23)24-18(3,4)5)10-19-16-15(14)20-12(2)25-16;1-7(18)10-9(17-13(19)20-14(3,4)5)6-15-12-11(10)16-8(2)21-12;1-8(17-5-3-4-6-17)11-10(14)7-15-13-12(11)16-9(2)18-13;1-7-15-10-8(6-17)9(5-14-11(10)20-7)16-12(18)19-13(2,3)4;;;/h10-11H,6-9H2,1-5H3,(H,21,23);6-7,18H,1-5H3,(H,17,19);7-8H,3-6,14H2,1-2H3;5-6H,1-4H3,(H,16,18);1H3;1H;/q;;;;-1;;+2/p-1. The number of halogens is 1. The van der Waals surface area contributed by atoms with Crippen molar-refractivity contribution in [1.82, 2.24) is 49.7 Å². The number of hydrogen-bond acceptors (Lipinski definition) is 23. The van der Waals surface area contributed by atoms with Gasteiger partial charge in [0.05, 0.1) is 79.2 Å². The van der Waals surface area contributed by atoms with Gasteiger partial charge in [0.1, 0.15) is 58.2 Å². The fraction of sp³-hybridized carbons (Fsp3) is 0.508. The molecule has 87 heavy (non-hydrogen) atoms. The van der Waals surface area contributed by atoms with Crippen LogP contribution in [0.5, 0.6) is 0 Å². The number of nitrogens with one attached hydrogen (secondary N) is 3. The second kappa shape index (κ2) is 31.3. The number of nitrogens with zero attached hydrogens (tertiary/aromatic N) is 10. The van der Waals surface area contributed by atoms with Gasteiger partial charge in [-0.2, -0.15) is 0 Å². The van der Waals surface area contributed by atoms with Crippen LogP contribution in [0.15, 0.2) is 24.8 Å². The molecule has 10 heterocycles. The molecule has 8 aromatic heterocycles. The number of pyridine rings is 4. The number of hydrogen-bond donors (Lipinski definition) is 5. The predicted molar refractivity (Wildman–Crippen MR) is 349 cm³/mol. The van der Waals surface area contributed by atoms with Gasteiger partial charge in [0, 0.05) is 28.8 Å². The summed E-state index contributed by atoms with van der Waals surface area (Å²) >= 11 is 6.06. The van der Waals surface area contributed by atoms with E-state index in [0.29, 0.717) is 56.4 Å². The van der Waals surface area contributed by atoms with Gasteiger partial charge >= 0.3 is 41.3 Å². The number of likely N-dealkylation sites (tertiary alicyclic amines) is 2. The number of aliphatic hydroxyl groups excluding tert-OH is 1. The van der Waals surface area contributed by atoms with Gasteiger partial charge < -0.3 is 49.5 Å². The Morgan fingerprint density at radius 1 is 0.540 bits per heavy atom. The van der Waals surface area contributed by atoms with Crippen molar-refractivity contribution < 1.29 is 55.5 Å². The number of aryl methyl sites for hydroxylation is 4. The van der Waals surface area contributed by atoms with Crippen molar-refractivity contribution in [3.63, 3.8) is 0 Å². The Labute approximate surface area is 552 Å². The Kier molecular flexibility index (Phi) is 26.7. The molecular weight excluding hydrogens is 1270 g/mol. The minimum atomic E-state index is -0.776. The quantitative estimate of drug-likeness (QED) is 0.0388. The topological polar surface area (TPSA) is 288 Å². The zero-order valence-corrected chi connectivity index (χ0v) is 59.1. The van der Waals surface area contributed by atoms with Gasteiger partial charge in [-0.3, -0.25) is 30.5 Å². The molecule has 2 fully saturated rings. The number of carbonyl (C=O) groups is 4. The normalized spacial score (nSPS) is 14.5. The Balaban J connectivity index is 0.000000247. The van der Waals surface area contributed by atoms with E-state index in [9.17, 15) is 24.3 Å². The second-order valence-corrected chi connectivity index (χ2v) is 28.2. The number of aliphatic hydroxyl groups is 1. The monoisotopic (exact) mass is 1340 g/mol. The summed E-state index contributed by atoms with van der Waals surface area (Å²) in [5, 5.41) is 21.7. The fourth-order valence-corrected chi connectivity index (χ4v) is 12.7. The molecule has 8 aromatic rings. The first kappa shape index (κ1) is 74.0. The van der Waals surface area contributed by atoms with Crippen molar-refractivity contribution >= 4 is 157 Å². The van der Waals surface area contributed by atoms with Gasteiger partial charge in [0.2, 0.25) is 0 Å². The van der Waals surface area contributed by atoms with Crippen molar-refractivity contribution in [3.8, 4) is 0 Å². The van der Waals surface area contributed by atoms with Crippen LogP contribution in [-0.4, -0.2) is 145 Å². The van der Waals surface area contributed by atoms with E-state index >= 15 is 0 Å². The number of anilines is 4. The molecule has 0 saturated carbocycles. The Morgan fingerprint density at radius 3 is 1.21 bits per heavy atom. The molecule has 0 radical (unpaired) electrons. The van der Waals surface area contributed by atoms with E-state index in [1.807, 2.05) is 48.5 Å². The molecule has 2 aliphatic rings. The third kappa shape index (κ3) is 20.0. The minimum Gasteiger partial charge on any atom is -1.00 e. The van der Waals surface area contributed by atoms with E-state index in [1.165, 1.54) is 60.8 Å². The molecular formula is C59H81BrMgN14O8S4. The first-order chi connectivity index (χ1) is 39.4. The SMILES string of the molecule is Cc1nc2c(C(C)N3CCCC3)c(N)cnc2s1.Cc1nc2c(C(C)N3CCCC3)c(NC(=O)OC(C)(C)C)cnc2s1.Cc1nc2c(C(C)O)c(NC(=O)OC(C)(C)C)cnc2s1.Cc1nc2c(C=O)c(NC(=O)OC(C)(C)C)cnc2s1.[Br-].[CH3-].[Mg+2]. The first-order valence-corrected chi connectivity index (χ1v) is 31.1. The molecule has 2 aliphatic heterocycles. The van der Waals surface area contributed by atoms with Crippen LogP contribution in [0.1, 0.15) is 174 Å². The molecule has 10 rings (SSSR count). The van der Waals surface area contributed by atoms with Gasteiger partial charge in [-0.05, 0) is 163 Å². The molecule has 3 amide bonds. The van der Waals surface area contributed by atoms with E-state index in [-0.39, 0.29) is 53.5 Å². The zero-order chi connectivity index (χ0) is 61.6. The van der Waals surface area contributed by atoms with Crippen molar-refractivity contribution in [2.24, 2.45) is 0 Å². The van der Waals surface area contributed by atoms with Crippen LogP contribution in [0.25, 0.3) is 41.4 Å². The molecule has 2 saturated heterocycles. The Morgan fingerprint density at radius 2 is 0.839 bits per heavy atom. The maximum absolute atomic E-state index is 12.3. The smallest absolute Gasteiger partial charge is 1.00 e. The molecule has 0 spiro atoms. The molecule has 0 bridgehead atoms. The number of carbonyl (C=O) groups excluding carboxylic acids is 4. The maximum Gasteiger partial charge on any atom is 2.00 e. The summed E-state index contributed by atoms with van der Waals surface area (Å²) in [6, 6.07) is 0.499. The van der Waals surface area contributed by atoms with Crippen LogP contribution >= 0.6 is 45.3 Å². The Bertz CT molecular complexity index is 3660. The van der Waals surface area contributed by atoms with Crippen molar-refractivity contribution in [1.29, 1.82) is 0 Å². The second-order valence-electron chi connectivity index (χ2n) is 23.4. The number of aromatic nitrogens is 8. The summed E-state index contributed by atoms with van der Waals surface area (Å²) in [5.41, 5.74) is 12.6. The van der Waals surface area contributed by atoms with Crippen molar-refractivity contribution in [2.45, 2.75) is 171 Å². The third-order valence-corrected chi connectivity index (χ3v) is 16.5. The van der Waals surface area contributed by atoms with Crippen LogP contribution in [0.2, 0.25) is 0 Å². The molecule has 6 N–H and O–H groups in total. The van der Waals surface area contributed by atoms with Crippen LogP contribution in [0.3, 0.4) is 0 Å². The molecule has 28 heteroatoms. The third-order valence-electron chi connectivity index (χ3n) is 13.0. The van der Waals surface area contributed by atoms with Gasteiger partial charge in [-0.15, -0.1) is 0 Å². The molecule has 468 valence electrons. The number of fused-ring (bicyclic) bond motifs is 4. The number of nitrogen functional groups attached to an aromatic ring is 1. The van der Waals surface area contributed by atoms with Crippen LogP contribution in [0, 0.1) is 35.1 Å². The van der Waals surface area contributed by atoms with E-state index in [4.69, 9.17) is 19.9 Å². The van der Waals surface area contributed by atoms with E-state index in [2.05, 4.69) is 79.5 Å².